The van der Waals surface area contributed by atoms with Crippen molar-refractivity contribution in [2.24, 2.45) is 0 Å². The molecule has 0 saturated carbocycles. The van der Waals surface area contributed by atoms with Crippen LogP contribution in [0.2, 0.25) is 0 Å². The van der Waals surface area contributed by atoms with E-state index in [0.717, 1.165) is 18.6 Å². The van der Waals surface area contributed by atoms with Gasteiger partial charge in [0, 0.05) is 26.3 Å². The third-order valence-corrected chi connectivity index (χ3v) is 3.89. The van der Waals surface area contributed by atoms with Crippen molar-refractivity contribution >= 4 is 11.6 Å². The summed E-state index contributed by atoms with van der Waals surface area (Å²) in [5, 5.41) is 2.88. The summed E-state index contributed by atoms with van der Waals surface area (Å²) in [4.78, 5) is 13.8. The molecule has 2 rings (SSSR count). The van der Waals surface area contributed by atoms with E-state index in [2.05, 4.69) is 34.5 Å². The summed E-state index contributed by atoms with van der Waals surface area (Å²) in [6.45, 7) is 1.54. The van der Waals surface area contributed by atoms with E-state index >= 15 is 0 Å². The second kappa shape index (κ2) is 11.2. The van der Waals surface area contributed by atoms with Crippen molar-refractivity contribution in [3.05, 3.63) is 60.2 Å². The molecule has 2 aromatic carbocycles. The first kappa shape index (κ1) is 19.8. The van der Waals surface area contributed by atoms with E-state index in [1.54, 1.807) is 0 Å². The number of hydrogen-bond donors (Lipinski definition) is 1. The first-order valence-electron chi connectivity index (χ1n) is 8.94. The summed E-state index contributed by atoms with van der Waals surface area (Å²) < 4.78 is 10.8. The zero-order valence-electron chi connectivity index (χ0n) is 15.6. The minimum absolute atomic E-state index is 0.0652. The SMILES string of the molecule is CN(C)c1ccc(CCCNC(=O)COCCOc2ccccc2)cc1. The van der Waals surface area contributed by atoms with Gasteiger partial charge in [-0.1, -0.05) is 30.3 Å². The number of para-hydroxylation sites is 1. The van der Waals surface area contributed by atoms with Gasteiger partial charge in [-0.2, -0.15) is 0 Å². The molecule has 1 N–H and O–H groups in total. The van der Waals surface area contributed by atoms with E-state index in [-0.39, 0.29) is 12.5 Å². The number of nitrogens with zero attached hydrogens (tertiary/aromatic N) is 1. The number of carbonyl (C=O) groups is 1. The van der Waals surface area contributed by atoms with Crippen molar-refractivity contribution in [2.75, 3.05) is 45.4 Å². The summed E-state index contributed by atoms with van der Waals surface area (Å²) in [6, 6.07) is 18.0. The maximum atomic E-state index is 11.7. The van der Waals surface area contributed by atoms with Crippen LogP contribution in [0.3, 0.4) is 0 Å². The molecule has 0 aliphatic heterocycles. The van der Waals surface area contributed by atoms with Gasteiger partial charge in [-0.05, 0) is 42.7 Å². The van der Waals surface area contributed by atoms with Gasteiger partial charge in [0.25, 0.3) is 0 Å². The zero-order valence-corrected chi connectivity index (χ0v) is 15.6. The third-order valence-electron chi connectivity index (χ3n) is 3.89. The van der Waals surface area contributed by atoms with Gasteiger partial charge in [0.2, 0.25) is 5.91 Å². The van der Waals surface area contributed by atoms with Crippen molar-refractivity contribution in [2.45, 2.75) is 12.8 Å². The number of rotatable bonds is 11. The maximum Gasteiger partial charge on any atom is 0.246 e. The van der Waals surface area contributed by atoms with Crippen LogP contribution in [0.1, 0.15) is 12.0 Å². The van der Waals surface area contributed by atoms with Crippen LogP contribution >= 0.6 is 0 Å². The van der Waals surface area contributed by atoms with Crippen molar-refractivity contribution < 1.29 is 14.3 Å². The number of aryl methyl sites for hydroxylation is 1. The molecule has 2 aromatic rings. The van der Waals surface area contributed by atoms with Gasteiger partial charge in [0.1, 0.15) is 19.0 Å². The van der Waals surface area contributed by atoms with Crippen LogP contribution < -0.4 is 15.0 Å². The van der Waals surface area contributed by atoms with Gasteiger partial charge < -0.3 is 19.7 Å². The van der Waals surface area contributed by atoms with Gasteiger partial charge in [-0.3, -0.25) is 4.79 Å². The van der Waals surface area contributed by atoms with Crippen LogP contribution in [0.5, 0.6) is 5.75 Å². The van der Waals surface area contributed by atoms with Gasteiger partial charge in [-0.15, -0.1) is 0 Å². The van der Waals surface area contributed by atoms with Gasteiger partial charge in [-0.25, -0.2) is 0 Å². The predicted octanol–water partition coefficient (Wildman–Crippen LogP) is 2.90. The highest BCUT2D eigenvalue weighted by atomic mass is 16.5. The van der Waals surface area contributed by atoms with Crippen molar-refractivity contribution in [1.29, 1.82) is 0 Å². The van der Waals surface area contributed by atoms with Crippen LogP contribution in [0.4, 0.5) is 5.69 Å². The van der Waals surface area contributed by atoms with E-state index < -0.39 is 0 Å². The Labute approximate surface area is 155 Å². The lowest BCUT2D eigenvalue weighted by atomic mass is 10.1. The molecular formula is C21H28N2O3. The summed E-state index contributed by atoms with van der Waals surface area (Å²) in [6.07, 6.45) is 1.85. The van der Waals surface area contributed by atoms with E-state index in [9.17, 15) is 4.79 Å². The first-order chi connectivity index (χ1) is 12.6. The molecule has 0 fully saturated rings. The van der Waals surface area contributed by atoms with E-state index in [0.29, 0.717) is 19.8 Å². The summed E-state index contributed by atoms with van der Waals surface area (Å²) in [7, 11) is 4.06. The number of benzene rings is 2. The molecule has 0 saturated heterocycles. The van der Waals surface area contributed by atoms with Gasteiger partial charge in [0.05, 0.1) is 6.61 Å². The monoisotopic (exact) mass is 356 g/mol. The molecule has 0 aliphatic carbocycles. The largest absolute Gasteiger partial charge is 0.491 e. The fourth-order valence-corrected chi connectivity index (χ4v) is 2.43. The second-order valence-electron chi connectivity index (χ2n) is 6.23. The lowest BCUT2D eigenvalue weighted by Gasteiger charge is -2.12. The highest BCUT2D eigenvalue weighted by Gasteiger charge is 2.02. The molecule has 0 aromatic heterocycles. The lowest BCUT2D eigenvalue weighted by Crippen LogP contribution is -2.29. The zero-order chi connectivity index (χ0) is 18.6. The summed E-state index contributed by atoms with van der Waals surface area (Å²) >= 11 is 0. The summed E-state index contributed by atoms with van der Waals surface area (Å²) in [5.41, 5.74) is 2.47. The van der Waals surface area contributed by atoms with E-state index in [1.807, 2.05) is 44.4 Å². The maximum absolute atomic E-state index is 11.7. The Kier molecular flexibility index (Phi) is 8.49. The molecule has 0 atom stereocenters. The number of carbonyl (C=O) groups excluding carboxylic acids is 1. The normalized spacial score (nSPS) is 10.4. The van der Waals surface area contributed by atoms with Crippen molar-refractivity contribution in [3.63, 3.8) is 0 Å². The molecule has 1 amide bonds. The van der Waals surface area contributed by atoms with Crippen LogP contribution in [0.15, 0.2) is 54.6 Å². The molecule has 5 nitrogen and oxygen atoms in total. The van der Waals surface area contributed by atoms with Gasteiger partial charge in [0.15, 0.2) is 0 Å². The van der Waals surface area contributed by atoms with Crippen LogP contribution in [0.25, 0.3) is 0 Å². The minimum atomic E-state index is -0.0901. The van der Waals surface area contributed by atoms with Crippen LogP contribution in [0, 0.1) is 0 Å². The number of anilines is 1. The smallest absolute Gasteiger partial charge is 0.246 e. The topological polar surface area (TPSA) is 50.8 Å². The molecule has 0 bridgehead atoms. The molecule has 140 valence electrons. The minimum Gasteiger partial charge on any atom is -0.491 e. The molecule has 0 unspecified atom stereocenters. The average molecular weight is 356 g/mol. The Balaban J connectivity index is 1.49. The molecule has 5 heteroatoms. The Morgan fingerprint density at radius 3 is 2.42 bits per heavy atom. The molecule has 0 heterocycles. The Morgan fingerprint density at radius 1 is 1.00 bits per heavy atom. The van der Waals surface area contributed by atoms with Crippen molar-refractivity contribution in [3.8, 4) is 5.75 Å². The number of hydrogen-bond acceptors (Lipinski definition) is 4. The van der Waals surface area contributed by atoms with Crippen molar-refractivity contribution in [1.82, 2.24) is 5.32 Å². The molecule has 26 heavy (non-hydrogen) atoms. The second-order valence-corrected chi connectivity index (χ2v) is 6.23. The Hall–Kier alpha value is -2.53. The fourth-order valence-electron chi connectivity index (χ4n) is 2.43. The molecule has 0 aliphatic rings. The van der Waals surface area contributed by atoms with Crippen LogP contribution in [-0.2, 0) is 16.0 Å². The van der Waals surface area contributed by atoms with Gasteiger partial charge >= 0.3 is 0 Å². The molecule has 0 radical (unpaired) electrons. The third kappa shape index (κ3) is 7.57. The van der Waals surface area contributed by atoms with E-state index in [1.165, 1.54) is 11.3 Å². The first-order valence-corrected chi connectivity index (χ1v) is 8.94. The number of amides is 1. The Bertz CT molecular complexity index is 642. The quantitative estimate of drug-likeness (QED) is 0.629. The predicted molar refractivity (Wildman–Crippen MR) is 105 cm³/mol. The number of nitrogens with one attached hydrogen (secondary N) is 1. The fraction of sp³-hybridized carbons (Fsp3) is 0.381. The van der Waals surface area contributed by atoms with E-state index in [4.69, 9.17) is 9.47 Å². The highest BCUT2D eigenvalue weighted by molar-refractivity contribution is 5.77. The number of ether oxygens (including phenoxy) is 2. The average Bonchev–Trinajstić information content (AvgIpc) is 2.66. The standard InChI is InChI=1S/C21H28N2O3/c1-23(2)19-12-10-18(11-13-19)7-6-14-22-21(24)17-25-15-16-26-20-8-4-3-5-9-20/h3-5,8-13H,6-7,14-17H2,1-2H3,(H,22,24). The molecule has 0 spiro atoms. The molecular weight excluding hydrogens is 328 g/mol. The summed E-state index contributed by atoms with van der Waals surface area (Å²) in [5.74, 6) is 0.715. The van der Waals surface area contributed by atoms with Crippen LogP contribution in [-0.4, -0.2) is 46.4 Å². The highest BCUT2D eigenvalue weighted by Crippen LogP contribution is 2.13. The Morgan fingerprint density at radius 2 is 1.73 bits per heavy atom. The lowest BCUT2D eigenvalue weighted by molar-refractivity contribution is -0.125.